The van der Waals surface area contributed by atoms with Gasteiger partial charge in [0.25, 0.3) is 5.69 Å². The van der Waals surface area contributed by atoms with Gasteiger partial charge >= 0.3 is 0 Å². The molecule has 1 saturated carbocycles. The van der Waals surface area contributed by atoms with Crippen LogP contribution in [0.3, 0.4) is 0 Å². The number of nitrogens with zero attached hydrogens (tertiary/aromatic N) is 1. The highest BCUT2D eigenvalue weighted by atomic mass is 35.5. The molecule has 1 aliphatic carbocycles. The highest BCUT2D eigenvalue weighted by Crippen LogP contribution is 2.48. The summed E-state index contributed by atoms with van der Waals surface area (Å²) in [4.78, 5) is 9.94. The number of nitrogens with one attached hydrogen (secondary N) is 1. The Morgan fingerprint density at radius 1 is 1.45 bits per heavy atom. The molecule has 0 radical (unpaired) electrons. The van der Waals surface area contributed by atoms with Crippen molar-refractivity contribution in [3.05, 3.63) is 33.3 Å². The number of sulfonamides is 1. The van der Waals surface area contributed by atoms with Gasteiger partial charge in [0, 0.05) is 12.6 Å². The molecule has 0 spiro atoms. The van der Waals surface area contributed by atoms with Gasteiger partial charge in [0.2, 0.25) is 10.0 Å². The summed E-state index contributed by atoms with van der Waals surface area (Å²) in [6.45, 7) is 2.39. The predicted octanol–water partition coefficient (Wildman–Crippen LogP) is 2.72. The van der Waals surface area contributed by atoms with Crippen LogP contribution in [0.1, 0.15) is 26.2 Å². The number of benzene rings is 1. The van der Waals surface area contributed by atoms with Crippen molar-refractivity contribution < 1.29 is 13.3 Å². The molecular formula is C12H15ClN2O4S. The van der Waals surface area contributed by atoms with Gasteiger partial charge < -0.3 is 0 Å². The Kier molecular flexibility index (Phi) is 4.04. The van der Waals surface area contributed by atoms with E-state index in [0.717, 1.165) is 25.3 Å². The summed E-state index contributed by atoms with van der Waals surface area (Å²) >= 11 is 5.67. The van der Waals surface area contributed by atoms with Gasteiger partial charge in [-0.1, -0.05) is 18.5 Å². The quantitative estimate of drug-likeness (QED) is 0.645. The molecule has 8 heteroatoms. The van der Waals surface area contributed by atoms with Crippen LogP contribution in [0.2, 0.25) is 5.02 Å². The number of hydrogen-bond acceptors (Lipinski definition) is 4. The fourth-order valence-corrected chi connectivity index (χ4v) is 3.33. The first-order valence-electron chi connectivity index (χ1n) is 6.23. The van der Waals surface area contributed by atoms with Crippen LogP contribution in [0.25, 0.3) is 0 Å². The number of nitro benzene ring substituents is 1. The van der Waals surface area contributed by atoms with E-state index in [1.165, 1.54) is 12.1 Å². The van der Waals surface area contributed by atoms with E-state index in [0.29, 0.717) is 6.54 Å². The van der Waals surface area contributed by atoms with Crippen molar-refractivity contribution in [1.82, 2.24) is 4.72 Å². The first-order valence-corrected chi connectivity index (χ1v) is 8.09. The third kappa shape index (κ3) is 3.11. The fraction of sp³-hybridized carbons (Fsp3) is 0.500. The zero-order chi connectivity index (χ0) is 15.0. The summed E-state index contributed by atoms with van der Waals surface area (Å²) in [7, 11) is -3.75. The van der Waals surface area contributed by atoms with E-state index in [1.54, 1.807) is 0 Å². The van der Waals surface area contributed by atoms with Crippen LogP contribution in [-0.2, 0) is 10.0 Å². The van der Waals surface area contributed by atoms with Gasteiger partial charge in [-0.25, -0.2) is 13.1 Å². The molecule has 6 nitrogen and oxygen atoms in total. The molecule has 0 saturated heterocycles. The minimum Gasteiger partial charge on any atom is -0.258 e. The number of hydrogen-bond donors (Lipinski definition) is 1. The van der Waals surface area contributed by atoms with E-state index in [9.17, 15) is 18.5 Å². The molecule has 1 fully saturated rings. The Bertz CT molecular complexity index is 641. The first kappa shape index (κ1) is 15.2. The topological polar surface area (TPSA) is 89.3 Å². The van der Waals surface area contributed by atoms with Gasteiger partial charge in [0.05, 0.1) is 9.82 Å². The standard InChI is InChI=1S/C12H15ClN2O4S/c1-2-12(5-6-12)8-14-20(18,19)9-3-4-10(13)11(7-9)15(16)17/h3-4,7,14H,2,5-6,8H2,1H3. The molecule has 0 bridgehead atoms. The average molecular weight is 319 g/mol. The minimum atomic E-state index is -3.75. The van der Waals surface area contributed by atoms with Crippen molar-refractivity contribution >= 4 is 27.3 Å². The molecule has 20 heavy (non-hydrogen) atoms. The normalized spacial score (nSPS) is 16.9. The summed E-state index contributed by atoms with van der Waals surface area (Å²) in [6.07, 6.45) is 2.93. The molecule has 1 N–H and O–H groups in total. The van der Waals surface area contributed by atoms with Crippen molar-refractivity contribution in [1.29, 1.82) is 0 Å². The molecule has 1 aromatic rings. The lowest BCUT2D eigenvalue weighted by Gasteiger charge is -2.13. The van der Waals surface area contributed by atoms with E-state index in [4.69, 9.17) is 11.6 Å². The molecule has 110 valence electrons. The Labute approximate surface area is 122 Å². The summed E-state index contributed by atoms with van der Waals surface area (Å²) in [5, 5.41) is 10.7. The Morgan fingerprint density at radius 3 is 2.60 bits per heavy atom. The number of rotatable bonds is 6. The highest BCUT2D eigenvalue weighted by molar-refractivity contribution is 7.89. The van der Waals surface area contributed by atoms with Crippen LogP contribution in [-0.4, -0.2) is 19.9 Å². The van der Waals surface area contributed by atoms with Crippen LogP contribution < -0.4 is 4.72 Å². The molecule has 0 atom stereocenters. The Hall–Kier alpha value is -1.18. The lowest BCUT2D eigenvalue weighted by Crippen LogP contribution is -2.30. The van der Waals surface area contributed by atoms with Crippen molar-refractivity contribution in [3.8, 4) is 0 Å². The molecule has 0 amide bonds. The molecule has 0 heterocycles. The molecule has 1 aliphatic rings. The van der Waals surface area contributed by atoms with Crippen molar-refractivity contribution in [3.63, 3.8) is 0 Å². The predicted molar refractivity (Wildman–Crippen MR) is 75.3 cm³/mol. The van der Waals surface area contributed by atoms with Gasteiger partial charge in [-0.3, -0.25) is 10.1 Å². The van der Waals surface area contributed by atoms with Crippen molar-refractivity contribution in [2.24, 2.45) is 5.41 Å². The van der Waals surface area contributed by atoms with E-state index in [1.807, 2.05) is 6.92 Å². The Morgan fingerprint density at radius 2 is 2.10 bits per heavy atom. The van der Waals surface area contributed by atoms with Gasteiger partial charge in [-0.05, 0) is 36.8 Å². The molecule has 0 aliphatic heterocycles. The van der Waals surface area contributed by atoms with Crippen molar-refractivity contribution in [2.45, 2.75) is 31.1 Å². The second kappa shape index (κ2) is 5.31. The second-order valence-corrected chi connectivity index (χ2v) is 7.22. The van der Waals surface area contributed by atoms with Crippen LogP contribution in [0.15, 0.2) is 23.1 Å². The fourth-order valence-electron chi connectivity index (χ4n) is 1.96. The summed E-state index contributed by atoms with van der Waals surface area (Å²) in [5.74, 6) is 0. The van der Waals surface area contributed by atoms with Crippen LogP contribution in [0, 0.1) is 15.5 Å². The zero-order valence-electron chi connectivity index (χ0n) is 10.9. The van der Waals surface area contributed by atoms with E-state index >= 15 is 0 Å². The SMILES string of the molecule is CCC1(CNS(=O)(=O)c2ccc(Cl)c([N+](=O)[O-])c2)CC1. The monoisotopic (exact) mass is 318 g/mol. The number of halogens is 1. The number of nitro groups is 1. The zero-order valence-corrected chi connectivity index (χ0v) is 12.5. The van der Waals surface area contributed by atoms with Crippen molar-refractivity contribution in [2.75, 3.05) is 6.54 Å². The Balaban J connectivity index is 2.21. The molecule has 0 unspecified atom stereocenters. The minimum absolute atomic E-state index is 0.0609. The smallest absolute Gasteiger partial charge is 0.258 e. The summed E-state index contributed by atoms with van der Waals surface area (Å²) in [5.41, 5.74) is -0.350. The third-order valence-corrected chi connectivity index (χ3v) is 5.49. The van der Waals surface area contributed by atoms with E-state index in [-0.39, 0.29) is 15.3 Å². The lowest BCUT2D eigenvalue weighted by atomic mass is 10.1. The third-order valence-electron chi connectivity index (χ3n) is 3.77. The van der Waals surface area contributed by atoms with E-state index < -0.39 is 20.6 Å². The lowest BCUT2D eigenvalue weighted by molar-refractivity contribution is -0.384. The first-order chi connectivity index (χ1) is 9.30. The summed E-state index contributed by atoms with van der Waals surface area (Å²) in [6, 6.07) is 3.47. The van der Waals surface area contributed by atoms with Gasteiger partial charge in [0.1, 0.15) is 5.02 Å². The van der Waals surface area contributed by atoms with Crippen LogP contribution in [0.4, 0.5) is 5.69 Å². The maximum absolute atomic E-state index is 12.1. The molecule has 1 aromatic carbocycles. The van der Waals surface area contributed by atoms with Crippen LogP contribution in [0.5, 0.6) is 0 Å². The molecule has 0 aromatic heterocycles. The maximum Gasteiger partial charge on any atom is 0.289 e. The van der Waals surface area contributed by atoms with Crippen LogP contribution >= 0.6 is 11.6 Å². The highest BCUT2D eigenvalue weighted by Gasteiger charge is 2.41. The summed E-state index contributed by atoms with van der Waals surface area (Å²) < 4.78 is 26.8. The van der Waals surface area contributed by atoms with Gasteiger partial charge in [-0.15, -0.1) is 0 Å². The maximum atomic E-state index is 12.1. The van der Waals surface area contributed by atoms with E-state index in [2.05, 4.69) is 4.72 Å². The molecular weight excluding hydrogens is 304 g/mol. The average Bonchev–Trinajstić information content (AvgIpc) is 3.17. The molecule has 2 rings (SSSR count). The van der Waals surface area contributed by atoms with Gasteiger partial charge in [-0.2, -0.15) is 0 Å². The largest absolute Gasteiger partial charge is 0.289 e. The van der Waals surface area contributed by atoms with Gasteiger partial charge in [0.15, 0.2) is 0 Å². The second-order valence-electron chi connectivity index (χ2n) is 5.05.